The summed E-state index contributed by atoms with van der Waals surface area (Å²) in [7, 11) is 0. The number of rotatable bonds is 2. The third kappa shape index (κ3) is 2.42. The molecular formula is C20H16ClN3OS. The maximum atomic E-state index is 12.8. The average molecular weight is 382 g/mol. The van der Waals surface area contributed by atoms with Crippen LogP contribution in [0.2, 0.25) is 5.02 Å². The first kappa shape index (κ1) is 15.9. The first-order chi connectivity index (χ1) is 12.7. The molecule has 2 aromatic heterocycles. The molecule has 0 saturated heterocycles. The summed E-state index contributed by atoms with van der Waals surface area (Å²) in [5.74, 6) is 0.992. The van der Waals surface area contributed by atoms with E-state index >= 15 is 0 Å². The van der Waals surface area contributed by atoms with Crippen LogP contribution in [0.15, 0.2) is 53.0 Å². The third-order valence-corrected chi connectivity index (χ3v) is 6.26. The van der Waals surface area contributed by atoms with Gasteiger partial charge in [0.15, 0.2) is 11.6 Å². The minimum atomic E-state index is -0.0709. The zero-order valence-electron chi connectivity index (χ0n) is 13.9. The Morgan fingerprint density at radius 2 is 2.00 bits per heavy atom. The van der Waals surface area contributed by atoms with Gasteiger partial charge in [-0.2, -0.15) is 5.10 Å². The highest BCUT2D eigenvalue weighted by Gasteiger charge is 2.38. The SMILES string of the molecule is O=C1CCCC2=C1[C@H](c1cccs1)c1c(n[nH]c1-c1ccc(Cl)cc1)N2. The van der Waals surface area contributed by atoms with Crippen molar-refractivity contribution < 1.29 is 4.79 Å². The zero-order valence-corrected chi connectivity index (χ0v) is 15.5. The Labute approximate surface area is 159 Å². The van der Waals surface area contributed by atoms with Crippen molar-refractivity contribution in [2.75, 3.05) is 5.32 Å². The quantitative estimate of drug-likeness (QED) is 0.628. The Kier molecular flexibility index (Phi) is 3.72. The summed E-state index contributed by atoms with van der Waals surface area (Å²) < 4.78 is 0. The molecule has 0 amide bonds. The molecule has 0 saturated carbocycles. The van der Waals surface area contributed by atoms with Crippen molar-refractivity contribution in [2.24, 2.45) is 0 Å². The van der Waals surface area contributed by atoms with Gasteiger partial charge in [-0.05, 0) is 36.4 Å². The van der Waals surface area contributed by atoms with Gasteiger partial charge in [0.05, 0.1) is 11.6 Å². The van der Waals surface area contributed by atoms with Crippen LogP contribution in [0.1, 0.15) is 35.6 Å². The number of carbonyl (C=O) groups excluding carboxylic acids is 1. The van der Waals surface area contributed by atoms with E-state index in [1.54, 1.807) is 11.3 Å². The van der Waals surface area contributed by atoms with E-state index in [9.17, 15) is 4.79 Å². The molecule has 0 bridgehead atoms. The van der Waals surface area contributed by atoms with Gasteiger partial charge >= 0.3 is 0 Å². The van der Waals surface area contributed by atoms with E-state index in [1.807, 2.05) is 30.3 Å². The van der Waals surface area contributed by atoms with Crippen LogP contribution in [0.5, 0.6) is 0 Å². The highest BCUT2D eigenvalue weighted by Crippen LogP contribution is 2.48. The Morgan fingerprint density at radius 3 is 2.77 bits per heavy atom. The minimum absolute atomic E-state index is 0.0709. The predicted molar refractivity (Wildman–Crippen MR) is 105 cm³/mol. The van der Waals surface area contributed by atoms with Crippen LogP contribution in [-0.2, 0) is 4.79 Å². The standard InChI is InChI=1S/C20H16ClN3OS/c21-12-8-6-11(7-9-12)19-18-17(15-5-2-10-26-15)16-13(3-1-4-14(16)25)22-20(18)24-23-19/h2,5-10,17H,1,3-4H2,(H2,22,23,24)/t17-/m0/s1. The van der Waals surface area contributed by atoms with Crippen molar-refractivity contribution in [3.63, 3.8) is 0 Å². The summed E-state index contributed by atoms with van der Waals surface area (Å²) in [4.78, 5) is 14.0. The number of anilines is 1. The number of hydrogen-bond acceptors (Lipinski definition) is 4. The fourth-order valence-electron chi connectivity index (χ4n) is 3.92. The summed E-state index contributed by atoms with van der Waals surface area (Å²) in [6.07, 6.45) is 2.41. The molecule has 5 rings (SSSR count). The van der Waals surface area contributed by atoms with E-state index < -0.39 is 0 Å². The van der Waals surface area contributed by atoms with Crippen molar-refractivity contribution >= 4 is 34.5 Å². The van der Waals surface area contributed by atoms with Gasteiger partial charge in [0.1, 0.15) is 0 Å². The van der Waals surface area contributed by atoms with E-state index in [4.69, 9.17) is 11.6 Å². The van der Waals surface area contributed by atoms with Crippen molar-refractivity contribution in [3.8, 4) is 11.3 Å². The number of benzene rings is 1. The van der Waals surface area contributed by atoms with E-state index in [-0.39, 0.29) is 11.7 Å². The highest BCUT2D eigenvalue weighted by molar-refractivity contribution is 7.10. The second kappa shape index (κ2) is 6.11. The van der Waals surface area contributed by atoms with Crippen molar-refractivity contribution in [1.29, 1.82) is 0 Å². The molecular weight excluding hydrogens is 366 g/mol. The topological polar surface area (TPSA) is 57.8 Å². The molecule has 130 valence electrons. The van der Waals surface area contributed by atoms with E-state index in [0.717, 1.165) is 46.8 Å². The number of ketones is 1. The Morgan fingerprint density at radius 1 is 1.15 bits per heavy atom. The van der Waals surface area contributed by atoms with E-state index in [1.165, 1.54) is 4.88 Å². The van der Waals surface area contributed by atoms with Gasteiger partial charge in [0.25, 0.3) is 0 Å². The molecule has 1 aliphatic carbocycles. The van der Waals surface area contributed by atoms with Gasteiger partial charge in [-0.15, -0.1) is 11.3 Å². The van der Waals surface area contributed by atoms with Crippen molar-refractivity contribution in [1.82, 2.24) is 10.2 Å². The largest absolute Gasteiger partial charge is 0.342 e. The predicted octanol–water partition coefficient (Wildman–Crippen LogP) is 5.36. The highest BCUT2D eigenvalue weighted by atomic mass is 35.5. The lowest BCUT2D eigenvalue weighted by Crippen LogP contribution is -2.26. The molecule has 1 aromatic carbocycles. The van der Waals surface area contributed by atoms with Crippen LogP contribution in [0, 0.1) is 0 Å². The van der Waals surface area contributed by atoms with Crippen LogP contribution in [0.4, 0.5) is 5.82 Å². The molecule has 0 spiro atoms. The van der Waals surface area contributed by atoms with Gasteiger partial charge in [-0.25, -0.2) is 0 Å². The summed E-state index contributed by atoms with van der Waals surface area (Å²) in [6, 6.07) is 11.9. The van der Waals surface area contributed by atoms with Crippen molar-refractivity contribution in [3.05, 3.63) is 68.5 Å². The van der Waals surface area contributed by atoms with E-state index in [2.05, 4.69) is 27.0 Å². The van der Waals surface area contributed by atoms with Gasteiger partial charge in [-0.3, -0.25) is 9.89 Å². The number of Topliss-reactive ketones (excluding diaryl/α,β-unsaturated/α-hetero) is 1. The minimum Gasteiger partial charge on any atom is -0.342 e. The molecule has 0 fully saturated rings. The fraction of sp³-hybridized carbons (Fsp3) is 0.200. The number of nitrogens with zero attached hydrogens (tertiary/aromatic N) is 1. The van der Waals surface area contributed by atoms with Gasteiger partial charge in [-0.1, -0.05) is 29.8 Å². The lowest BCUT2D eigenvalue weighted by molar-refractivity contribution is -0.116. The number of carbonyl (C=O) groups is 1. The molecule has 2 N–H and O–H groups in total. The van der Waals surface area contributed by atoms with Crippen LogP contribution >= 0.6 is 22.9 Å². The Bertz CT molecular complexity index is 1020. The number of aromatic nitrogens is 2. The summed E-state index contributed by atoms with van der Waals surface area (Å²) in [5, 5.41) is 13.9. The number of allylic oxidation sites excluding steroid dienone is 2. The lowest BCUT2D eigenvalue weighted by Gasteiger charge is -2.31. The molecule has 1 aliphatic heterocycles. The maximum absolute atomic E-state index is 12.8. The first-order valence-electron chi connectivity index (χ1n) is 8.63. The number of hydrogen-bond donors (Lipinski definition) is 2. The monoisotopic (exact) mass is 381 g/mol. The second-order valence-corrected chi connectivity index (χ2v) is 8.03. The molecule has 0 unspecified atom stereocenters. The van der Waals surface area contributed by atoms with E-state index in [0.29, 0.717) is 11.4 Å². The molecule has 3 heterocycles. The lowest BCUT2D eigenvalue weighted by atomic mass is 9.78. The van der Waals surface area contributed by atoms with Gasteiger partial charge < -0.3 is 5.32 Å². The van der Waals surface area contributed by atoms with Crippen LogP contribution in [0.3, 0.4) is 0 Å². The first-order valence-corrected chi connectivity index (χ1v) is 9.89. The summed E-state index contributed by atoms with van der Waals surface area (Å²) in [5.41, 5.74) is 4.93. The molecule has 1 atom stereocenters. The summed E-state index contributed by atoms with van der Waals surface area (Å²) >= 11 is 7.73. The summed E-state index contributed by atoms with van der Waals surface area (Å²) in [6.45, 7) is 0. The molecule has 26 heavy (non-hydrogen) atoms. The molecule has 4 nitrogen and oxygen atoms in total. The third-order valence-electron chi connectivity index (χ3n) is 5.07. The zero-order chi connectivity index (χ0) is 17.7. The number of nitrogens with one attached hydrogen (secondary N) is 2. The maximum Gasteiger partial charge on any atom is 0.161 e. The number of aromatic amines is 1. The van der Waals surface area contributed by atoms with Crippen LogP contribution in [-0.4, -0.2) is 16.0 Å². The number of fused-ring (bicyclic) bond motifs is 1. The van der Waals surface area contributed by atoms with Crippen LogP contribution < -0.4 is 5.32 Å². The number of H-pyrrole nitrogens is 1. The van der Waals surface area contributed by atoms with Crippen LogP contribution in [0.25, 0.3) is 11.3 Å². The average Bonchev–Trinajstić information content (AvgIpc) is 3.31. The van der Waals surface area contributed by atoms with Gasteiger partial charge in [0.2, 0.25) is 0 Å². The Balaban J connectivity index is 1.73. The molecule has 3 aromatic rings. The fourth-order valence-corrected chi connectivity index (χ4v) is 4.89. The number of halogens is 1. The van der Waals surface area contributed by atoms with Gasteiger partial charge in [0, 0.05) is 38.7 Å². The number of thiophene rings is 1. The molecule has 2 aliphatic rings. The smallest absolute Gasteiger partial charge is 0.161 e. The molecule has 0 radical (unpaired) electrons. The van der Waals surface area contributed by atoms with Crippen molar-refractivity contribution in [2.45, 2.75) is 25.2 Å². The Hall–Kier alpha value is -2.37. The normalized spacial score (nSPS) is 19.1. The molecule has 6 heteroatoms. The second-order valence-electron chi connectivity index (χ2n) is 6.61.